The van der Waals surface area contributed by atoms with Gasteiger partial charge in [-0.1, -0.05) is 30.5 Å². The molecule has 3 nitrogen and oxygen atoms in total. The fraction of sp³-hybridized carbons (Fsp3) is 0.353. The van der Waals surface area contributed by atoms with E-state index in [1.165, 1.54) is 0 Å². The van der Waals surface area contributed by atoms with Crippen molar-refractivity contribution in [1.82, 2.24) is 4.90 Å². The lowest BCUT2D eigenvalue weighted by Crippen LogP contribution is -2.36. The number of allylic oxidation sites excluding steroid dienone is 1. The zero-order chi connectivity index (χ0) is 15.4. The van der Waals surface area contributed by atoms with Crippen LogP contribution < -0.4 is 4.74 Å². The molecule has 0 bridgehead atoms. The second kappa shape index (κ2) is 6.69. The van der Waals surface area contributed by atoms with E-state index in [-0.39, 0.29) is 18.4 Å². The zero-order valence-corrected chi connectivity index (χ0v) is 13.0. The molecule has 1 aromatic carbocycles. The van der Waals surface area contributed by atoms with Crippen molar-refractivity contribution in [1.29, 1.82) is 0 Å². The summed E-state index contributed by atoms with van der Waals surface area (Å²) in [5, 5.41) is 0.552. The second-order valence-corrected chi connectivity index (χ2v) is 5.35. The molecule has 1 aliphatic heterocycles. The quantitative estimate of drug-likeness (QED) is 0.796. The molecular weight excluding hydrogens is 286 g/mol. The highest BCUT2D eigenvalue weighted by Gasteiger charge is 2.27. The van der Waals surface area contributed by atoms with Crippen LogP contribution in [-0.2, 0) is 4.79 Å². The third-order valence-electron chi connectivity index (χ3n) is 3.50. The normalized spacial score (nSPS) is 18.2. The number of rotatable bonds is 4. The number of amides is 1. The Balaban J connectivity index is 2.33. The topological polar surface area (TPSA) is 29.5 Å². The van der Waals surface area contributed by atoms with E-state index in [1.807, 2.05) is 26.0 Å². The molecule has 0 spiro atoms. The van der Waals surface area contributed by atoms with Gasteiger partial charge in [0.05, 0.1) is 5.02 Å². The van der Waals surface area contributed by atoms with E-state index >= 15 is 0 Å². The first kappa shape index (κ1) is 15.5. The van der Waals surface area contributed by atoms with E-state index in [0.29, 0.717) is 17.3 Å². The summed E-state index contributed by atoms with van der Waals surface area (Å²) < 4.78 is 5.35. The van der Waals surface area contributed by atoms with Crippen LogP contribution in [-0.4, -0.2) is 24.0 Å². The summed E-state index contributed by atoms with van der Waals surface area (Å²) >= 11 is 6.34. The van der Waals surface area contributed by atoms with Crippen LogP contribution in [0.3, 0.4) is 0 Å². The molecule has 1 atom stereocenters. The standard InChI is InChI=1S/C17H18ClNO2/c1-4-10-21-13-7-8-14(15(18)11-13)16-9-6-12(3)17(20)19(16)5-2/h1,7-9,11-12H,5-6,10H2,2-3H3. The largest absolute Gasteiger partial charge is 0.481 e. The highest BCUT2D eigenvalue weighted by Crippen LogP contribution is 2.34. The zero-order valence-electron chi connectivity index (χ0n) is 12.2. The summed E-state index contributed by atoms with van der Waals surface area (Å²) in [5.41, 5.74) is 1.71. The van der Waals surface area contributed by atoms with Crippen LogP contribution in [0, 0.1) is 18.3 Å². The van der Waals surface area contributed by atoms with Crippen molar-refractivity contribution < 1.29 is 9.53 Å². The minimum Gasteiger partial charge on any atom is -0.481 e. The van der Waals surface area contributed by atoms with Crippen molar-refractivity contribution in [3.05, 3.63) is 34.9 Å². The van der Waals surface area contributed by atoms with Crippen LogP contribution in [0.2, 0.25) is 5.02 Å². The molecule has 1 heterocycles. The molecule has 4 heteroatoms. The number of carbonyl (C=O) groups is 1. The maximum Gasteiger partial charge on any atom is 0.230 e. The highest BCUT2D eigenvalue weighted by atomic mass is 35.5. The molecule has 110 valence electrons. The summed E-state index contributed by atoms with van der Waals surface area (Å²) in [6.07, 6.45) is 7.97. The molecule has 0 saturated heterocycles. The Bertz CT molecular complexity index is 616. The molecule has 1 unspecified atom stereocenters. The van der Waals surface area contributed by atoms with Gasteiger partial charge < -0.3 is 9.64 Å². The number of carbonyl (C=O) groups excluding carboxylic acids is 1. The van der Waals surface area contributed by atoms with Crippen molar-refractivity contribution in [3.63, 3.8) is 0 Å². The van der Waals surface area contributed by atoms with Crippen LogP contribution in [0.5, 0.6) is 5.75 Å². The van der Waals surface area contributed by atoms with E-state index in [2.05, 4.69) is 12.0 Å². The smallest absolute Gasteiger partial charge is 0.230 e. The first-order valence-electron chi connectivity index (χ1n) is 6.96. The summed E-state index contributed by atoms with van der Waals surface area (Å²) in [5.74, 6) is 3.19. The van der Waals surface area contributed by atoms with Gasteiger partial charge in [-0.3, -0.25) is 4.79 Å². The molecule has 0 radical (unpaired) electrons. The van der Waals surface area contributed by atoms with Crippen LogP contribution in [0.1, 0.15) is 25.8 Å². The molecule has 1 aromatic rings. The van der Waals surface area contributed by atoms with E-state index in [4.69, 9.17) is 22.8 Å². The predicted octanol–water partition coefficient (Wildman–Crippen LogP) is 3.58. The molecule has 0 aromatic heterocycles. The van der Waals surface area contributed by atoms with Gasteiger partial charge in [0, 0.05) is 23.7 Å². The molecule has 21 heavy (non-hydrogen) atoms. The number of ether oxygens (including phenoxy) is 1. The molecule has 2 rings (SSSR count). The van der Waals surface area contributed by atoms with Crippen molar-refractivity contribution in [2.45, 2.75) is 20.3 Å². The van der Waals surface area contributed by atoms with Gasteiger partial charge in [-0.15, -0.1) is 6.42 Å². The summed E-state index contributed by atoms with van der Waals surface area (Å²) in [7, 11) is 0. The average Bonchev–Trinajstić information content (AvgIpc) is 2.48. The molecular formula is C17H18ClNO2. The maximum atomic E-state index is 12.3. The number of nitrogens with zero attached hydrogens (tertiary/aromatic N) is 1. The monoisotopic (exact) mass is 303 g/mol. The van der Waals surface area contributed by atoms with Crippen LogP contribution in [0.4, 0.5) is 0 Å². The number of hydrogen-bond donors (Lipinski definition) is 0. The molecule has 1 aliphatic rings. The van der Waals surface area contributed by atoms with Crippen molar-refractivity contribution in [3.8, 4) is 18.1 Å². The maximum absolute atomic E-state index is 12.3. The fourth-order valence-corrected chi connectivity index (χ4v) is 2.65. The molecule has 1 amide bonds. The van der Waals surface area contributed by atoms with Gasteiger partial charge in [0.15, 0.2) is 0 Å². The van der Waals surface area contributed by atoms with E-state index in [0.717, 1.165) is 17.7 Å². The Labute approximate surface area is 130 Å². The van der Waals surface area contributed by atoms with Gasteiger partial charge in [0.1, 0.15) is 12.4 Å². The lowest BCUT2D eigenvalue weighted by Gasteiger charge is -2.31. The Morgan fingerprint density at radius 3 is 2.90 bits per heavy atom. The highest BCUT2D eigenvalue weighted by molar-refractivity contribution is 6.32. The second-order valence-electron chi connectivity index (χ2n) is 4.94. The van der Waals surface area contributed by atoms with Crippen LogP contribution >= 0.6 is 11.6 Å². The lowest BCUT2D eigenvalue weighted by atomic mass is 9.97. The first-order valence-corrected chi connectivity index (χ1v) is 7.34. The number of halogens is 1. The van der Waals surface area contributed by atoms with Crippen LogP contribution in [0.25, 0.3) is 5.70 Å². The minimum atomic E-state index is 0.0192. The summed E-state index contributed by atoms with van der Waals surface area (Å²) in [4.78, 5) is 14.0. The van der Waals surface area contributed by atoms with E-state index in [9.17, 15) is 4.79 Å². The number of benzene rings is 1. The van der Waals surface area contributed by atoms with Crippen LogP contribution in [0.15, 0.2) is 24.3 Å². The van der Waals surface area contributed by atoms with Gasteiger partial charge in [-0.2, -0.15) is 0 Å². The molecule has 0 aliphatic carbocycles. The van der Waals surface area contributed by atoms with Gasteiger partial charge >= 0.3 is 0 Å². The Morgan fingerprint density at radius 2 is 2.29 bits per heavy atom. The number of hydrogen-bond acceptors (Lipinski definition) is 2. The molecule has 0 fully saturated rings. The van der Waals surface area contributed by atoms with Gasteiger partial charge in [-0.25, -0.2) is 0 Å². The van der Waals surface area contributed by atoms with Crippen molar-refractivity contribution in [2.24, 2.45) is 5.92 Å². The number of terminal acetylenes is 1. The minimum absolute atomic E-state index is 0.0192. The fourth-order valence-electron chi connectivity index (χ4n) is 2.38. The Kier molecular flexibility index (Phi) is 4.93. The van der Waals surface area contributed by atoms with Gasteiger partial charge in [0.25, 0.3) is 0 Å². The lowest BCUT2D eigenvalue weighted by molar-refractivity contribution is -0.131. The van der Waals surface area contributed by atoms with Gasteiger partial charge in [-0.05, 0) is 31.5 Å². The third-order valence-corrected chi connectivity index (χ3v) is 3.81. The first-order chi connectivity index (χ1) is 10.1. The SMILES string of the molecule is C#CCOc1ccc(C2=CCC(C)C(=O)N2CC)c(Cl)c1. The Hall–Kier alpha value is -1.92. The summed E-state index contributed by atoms with van der Waals surface area (Å²) in [6, 6.07) is 5.41. The molecule has 0 saturated carbocycles. The third kappa shape index (κ3) is 3.22. The average molecular weight is 304 g/mol. The van der Waals surface area contributed by atoms with Gasteiger partial charge in [0.2, 0.25) is 5.91 Å². The predicted molar refractivity (Wildman–Crippen MR) is 84.9 cm³/mol. The van der Waals surface area contributed by atoms with E-state index in [1.54, 1.807) is 11.0 Å². The van der Waals surface area contributed by atoms with E-state index < -0.39 is 0 Å². The molecule has 0 N–H and O–H groups in total. The van der Waals surface area contributed by atoms with Crippen molar-refractivity contribution >= 4 is 23.2 Å². The van der Waals surface area contributed by atoms with Crippen molar-refractivity contribution in [2.75, 3.05) is 13.2 Å². The Morgan fingerprint density at radius 1 is 1.52 bits per heavy atom. The summed E-state index contributed by atoms with van der Waals surface area (Å²) in [6.45, 7) is 4.73.